The third kappa shape index (κ3) is 3.60. The van der Waals surface area contributed by atoms with E-state index in [0.717, 1.165) is 44.9 Å². The van der Waals surface area contributed by atoms with E-state index in [4.69, 9.17) is 25.8 Å². The summed E-state index contributed by atoms with van der Waals surface area (Å²) in [6, 6.07) is 0. The molecule has 0 amide bonds. The number of ketones is 1. The van der Waals surface area contributed by atoms with Gasteiger partial charge in [-0.3, -0.25) is 4.79 Å². The lowest BCUT2D eigenvalue weighted by atomic mass is 9.43. The Morgan fingerprint density at radius 3 is 2.45 bits per heavy atom. The molecule has 3 saturated carbocycles. The van der Waals surface area contributed by atoms with Crippen LogP contribution in [0.3, 0.4) is 0 Å². The maximum Gasteiger partial charge on any atom is 0.146 e. The molecule has 0 saturated heterocycles. The zero-order chi connectivity index (χ0) is 21.4. The normalized spacial score (nSPS) is 47.6. The van der Waals surface area contributed by atoms with Crippen molar-refractivity contribution in [3.05, 3.63) is 0 Å². The summed E-state index contributed by atoms with van der Waals surface area (Å²) in [6.07, 6.45) is 6.96. The van der Waals surface area contributed by atoms with E-state index in [-0.39, 0.29) is 35.7 Å². The van der Waals surface area contributed by atoms with Crippen LogP contribution in [0.1, 0.15) is 72.6 Å². The fourth-order valence-electron chi connectivity index (χ4n) is 7.56. The monoisotopic (exact) mass is 428 g/mol. The van der Waals surface area contributed by atoms with Crippen LogP contribution in [0.15, 0.2) is 0 Å². The van der Waals surface area contributed by atoms with E-state index in [0.29, 0.717) is 23.5 Å². The predicted octanol–water partition coefficient (Wildman–Crippen LogP) is 5.46. The number of hydrogen-bond acceptors (Lipinski definition) is 4. The smallest absolute Gasteiger partial charge is 0.146 e. The highest BCUT2D eigenvalue weighted by atomic mass is 35.5. The minimum Gasteiger partial charge on any atom is -0.381 e. The largest absolute Gasteiger partial charge is 0.381 e. The average Bonchev–Trinajstić information content (AvgIpc) is 3.11. The molecule has 3 aliphatic carbocycles. The fraction of sp³-hybridized carbons (Fsp3) is 0.958. The van der Waals surface area contributed by atoms with Gasteiger partial charge in [-0.2, -0.15) is 0 Å². The van der Waals surface area contributed by atoms with E-state index in [1.54, 1.807) is 7.11 Å². The molecule has 0 radical (unpaired) electrons. The molecule has 0 heterocycles. The zero-order valence-corrected chi connectivity index (χ0v) is 20.0. The van der Waals surface area contributed by atoms with Crippen molar-refractivity contribution in [1.82, 2.24) is 0 Å². The Morgan fingerprint density at radius 2 is 1.83 bits per heavy atom. The number of hydrogen-bond donors (Lipinski definition) is 0. The first-order valence-corrected chi connectivity index (χ1v) is 12.0. The van der Waals surface area contributed by atoms with E-state index in [1.165, 1.54) is 0 Å². The SMILES string of the molecule is COCO[C@@H]1C[C@@](C)(CCCCl)C(=O)[C@H](C)C23CCC(OC)C2[C@@]1(C)[C@H](C)CC3. The van der Waals surface area contributed by atoms with Crippen LogP contribution < -0.4 is 0 Å². The van der Waals surface area contributed by atoms with Gasteiger partial charge >= 0.3 is 0 Å². The molecular weight excluding hydrogens is 388 g/mol. The quantitative estimate of drug-likeness (QED) is 0.399. The highest BCUT2D eigenvalue weighted by molar-refractivity contribution is 6.17. The molecule has 3 fully saturated rings. The number of halogens is 1. The molecule has 4 nitrogen and oxygen atoms in total. The second kappa shape index (κ2) is 8.76. The highest BCUT2D eigenvalue weighted by Gasteiger charge is 2.68. The number of carbonyl (C=O) groups is 1. The van der Waals surface area contributed by atoms with Crippen molar-refractivity contribution in [2.45, 2.75) is 84.8 Å². The first kappa shape index (κ1) is 23.5. The molecule has 0 aliphatic heterocycles. The van der Waals surface area contributed by atoms with Crippen LogP contribution in [0.25, 0.3) is 0 Å². The Hall–Kier alpha value is -0.160. The van der Waals surface area contributed by atoms with Crippen LogP contribution in [0.5, 0.6) is 0 Å². The molecule has 3 aliphatic rings. The Balaban J connectivity index is 2.14. The van der Waals surface area contributed by atoms with Crippen molar-refractivity contribution in [3.63, 3.8) is 0 Å². The van der Waals surface area contributed by atoms with Crippen molar-refractivity contribution in [3.8, 4) is 0 Å². The van der Waals surface area contributed by atoms with Crippen molar-refractivity contribution in [2.24, 2.45) is 34.0 Å². The van der Waals surface area contributed by atoms with E-state index >= 15 is 0 Å². The highest BCUT2D eigenvalue weighted by Crippen LogP contribution is 2.68. The molecule has 8 atom stereocenters. The summed E-state index contributed by atoms with van der Waals surface area (Å²) >= 11 is 6.05. The molecular formula is C24H41ClO4. The molecule has 3 unspecified atom stereocenters. The van der Waals surface area contributed by atoms with Gasteiger partial charge in [-0.1, -0.05) is 27.7 Å². The number of methoxy groups -OCH3 is 2. The Bertz CT molecular complexity index is 597. The number of ether oxygens (including phenoxy) is 3. The van der Waals surface area contributed by atoms with Gasteiger partial charge in [-0.25, -0.2) is 0 Å². The predicted molar refractivity (Wildman–Crippen MR) is 116 cm³/mol. The molecule has 3 rings (SSSR count). The third-order valence-corrected chi connectivity index (χ3v) is 9.66. The minimum absolute atomic E-state index is 0.0103. The molecule has 29 heavy (non-hydrogen) atoms. The van der Waals surface area contributed by atoms with Gasteiger partial charge in [-0.15, -0.1) is 11.6 Å². The van der Waals surface area contributed by atoms with Gasteiger partial charge in [0.25, 0.3) is 0 Å². The fourth-order valence-corrected chi connectivity index (χ4v) is 7.70. The molecule has 0 aromatic rings. The van der Waals surface area contributed by atoms with Crippen LogP contribution in [0, 0.1) is 34.0 Å². The van der Waals surface area contributed by atoms with E-state index in [1.807, 2.05) is 7.11 Å². The summed E-state index contributed by atoms with van der Waals surface area (Å²) in [5.41, 5.74) is -0.449. The van der Waals surface area contributed by atoms with Crippen molar-refractivity contribution >= 4 is 17.4 Å². The summed E-state index contributed by atoms with van der Waals surface area (Å²) in [6.45, 7) is 9.42. The Morgan fingerprint density at radius 1 is 1.14 bits per heavy atom. The summed E-state index contributed by atoms with van der Waals surface area (Å²) in [4.78, 5) is 14.0. The Kier molecular flexibility index (Phi) is 7.10. The van der Waals surface area contributed by atoms with Crippen LogP contribution in [0.2, 0.25) is 0 Å². The molecule has 5 heteroatoms. The first-order valence-electron chi connectivity index (χ1n) is 11.4. The molecule has 0 aromatic heterocycles. The van der Waals surface area contributed by atoms with Gasteiger partial charge in [0, 0.05) is 36.8 Å². The summed E-state index contributed by atoms with van der Waals surface area (Å²) in [5.74, 6) is 1.89. The van der Waals surface area contributed by atoms with Crippen molar-refractivity contribution in [2.75, 3.05) is 26.9 Å². The topological polar surface area (TPSA) is 44.8 Å². The van der Waals surface area contributed by atoms with Gasteiger partial charge < -0.3 is 14.2 Å². The summed E-state index contributed by atoms with van der Waals surface area (Å²) in [5, 5.41) is 0. The maximum atomic E-state index is 14.0. The van der Waals surface area contributed by atoms with Gasteiger partial charge in [0.2, 0.25) is 0 Å². The zero-order valence-electron chi connectivity index (χ0n) is 19.3. The van der Waals surface area contributed by atoms with E-state index < -0.39 is 5.41 Å². The van der Waals surface area contributed by atoms with Crippen molar-refractivity contribution in [1.29, 1.82) is 0 Å². The van der Waals surface area contributed by atoms with Crippen LogP contribution in [-0.4, -0.2) is 44.9 Å². The second-order valence-electron chi connectivity index (χ2n) is 10.5. The lowest BCUT2D eigenvalue weighted by Crippen LogP contribution is -2.63. The van der Waals surface area contributed by atoms with Crippen LogP contribution >= 0.6 is 11.6 Å². The minimum atomic E-state index is -0.409. The van der Waals surface area contributed by atoms with Crippen LogP contribution in [-0.2, 0) is 19.0 Å². The van der Waals surface area contributed by atoms with Gasteiger partial charge in [0.1, 0.15) is 12.6 Å². The van der Waals surface area contributed by atoms with Crippen molar-refractivity contribution < 1.29 is 19.0 Å². The second-order valence-corrected chi connectivity index (χ2v) is 10.9. The van der Waals surface area contributed by atoms with Gasteiger partial charge in [-0.05, 0) is 62.2 Å². The molecule has 0 aromatic carbocycles. The van der Waals surface area contributed by atoms with Gasteiger partial charge in [0.05, 0.1) is 12.2 Å². The maximum absolute atomic E-state index is 14.0. The molecule has 168 valence electrons. The summed E-state index contributed by atoms with van der Waals surface area (Å²) in [7, 11) is 3.52. The number of carbonyl (C=O) groups excluding carboxylic acids is 1. The molecule has 2 bridgehead atoms. The lowest BCUT2D eigenvalue weighted by molar-refractivity contribution is -0.220. The van der Waals surface area contributed by atoms with E-state index in [9.17, 15) is 4.79 Å². The van der Waals surface area contributed by atoms with E-state index in [2.05, 4.69) is 27.7 Å². The van der Waals surface area contributed by atoms with Gasteiger partial charge in [0.15, 0.2) is 0 Å². The summed E-state index contributed by atoms with van der Waals surface area (Å²) < 4.78 is 17.8. The average molecular weight is 429 g/mol. The molecule has 0 N–H and O–H groups in total. The standard InChI is InChI=1S/C24H41ClO4/c1-16-8-11-24-12-9-18(28-6)20(24)23(16,4)19(29-15-27-5)14-22(3,10-7-13-25)21(26)17(24)2/h16-20H,7-15H2,1-6H3/t16-,17+,18?,19-,20?,22-,23+,24?/m1/s1. The first-order chi connectivity index (χ1) is 13.7. The number of rotatable bonds is 7. The van der Waals surface area contributed by atoms with Crippen LogP contribution in [0.4, 0.5) is 0 Å². The third-order valence-electron chi connectivity index (χ3n) is 9.39. The lowest BCUT2D eigenvalue weighted by Gasteiger charge is -2.62. The number of Topliss-reactive ketones (excluding diaryl/α,β-unsaturated/α-hetero) is 1. The molecule has 0 spiro atoms. The Labute approximate surface area is 182 Å². The number of alkyl halides is 1.